The van der Waals surface area contributed by atoms with Crippen LogP contribution in [-0.4, -0.2) is 49.6 Å². The number of hydrogen-bond acceptors (Lipinski definition) is 4. The van der Waals surface area contributed by atoms with Crippen LogP contribution in [0.3, 0.4) is 0 Å². The Bertz CT molecular complexity index is 808. The molecule has 2 rings (SSSR count). The third-order valence-corrected chi connectivity index (χ3v) is 5.34. The number of carbonyl (C=O) groups excluding carboxylic acids is 2. The summed E-state index contributed by atoms with van der Waals surface area (Å²) in [5.41, 5.74) is 1.15. The first-order chi connectivity index (χ1) is 15.5. The van der Waals surface area contributed by atoms with Crippen LogP contribution in [0.2, 0.25) is 0 Å². The number of hydrogen-bond donors (Lipinski definition) is 1. The average molecular weight is 441 g/mol. The van der Waals surface area contributed by atoms with Crippen molar-refractivity contribution in [1.29, 1.82) is 0 Å². The van der Waals surface area contributed by atoms with Crippen molar-refractivity contribution >= 4 is 11.8 Å². The Kier molecular flexibility index (Phi) is 11.1. The predicted octanol–water partition coefficient (Wildman–Crippen LogP) is 4.23. The summed E-state index contributed by atoms with van der Waals surface area (Å²) in [5, 5.41) is 2.95. The topological polar surface area (TPSA) is 67.9 Å². The first kappa shape index (κ1) is 25.2. The molecule has 1 atom stereocenters. The minimum atomic E-state index is -0.509. The summed E-state index contributed by atoms with van der Waals surface area (Å²) >= 11 is 0. The van der Waals surface area contributed by atoms with Gasteiger partial charge in [-0.1, -0.05) is 43.7 Å². The molecule has 0 radical (unpaired) electrons. The first-order valence-corrected chi connectivity index (χ1v) is 11.4. The van der Waals surface area contributed by atoms with E-state index in [-0.39, 0.29) is 11.8 Å². The number of unbranched alkanes of at least 4 members (excludes halogenated alkanes) is 1. The lowest BCUT2D eigenvalue weighted by Crippen LogP contribution is -2.49. The van der Waals surface area contributed by atoms with Gasteiger partial charge < -0.3 is 19.7 Å². The third-order valence-electron chi connectivity index (χ3n) is 5.34. The van der Waals surface area contributed by atoms with Gasteiger partial charge in [0.1, 0.15) is 17.5 Å². The molecule has 0 fully saturated rings. The van der Waals surface area contributed by atoms with Gasteiger partial charge in [0.2, 0.25) is 11.8 Å². The van der Waals surface area contributed by atoms with Crippen LogP contribution in [0, 0.1) is 0 Å². The molecule has 0 aromatic heterocycles. The molecule has 0 spiro atoms. The molecule has 2 amide bonds. The fraction of sp³-hybridized carbons (Fsp3) is 0.462. The molecule has 1 N–H and O–H groups in total. The summed E-state index contributed by atoms with van der Waals surface area (Å²) in [4.78, 5) is 27.3. The maximum atomic E-state index is 13.0. The van der Waals surface area contributed by atoms with Crippen molar-refractivity contribution in [1.82, 2.24) is 10.2 Å². The minimum Gasteiger partial charge on any atom is -0.497 e. The number of nitrogens with one attached hydrogen (secondary N) is 1. The Labute approximate surface area is 191 Å². The summed E-state index contributed by atoms with van der Waals surface area (Å²) in [7, 11) is 1.62. The summed E-state index contributed by atoms with van der Waals surface area (Å²) in [6.07, 6.45) is 3.56. The van der Waals surface area contributed by atoms with Crippen molar-refractivity contribution in [2.24, 2.45) is 0 Å². The van der Waals surface area contributed by atoms with E-state index in [1.807, 2.05) is 54.6 Å². The van der Waals surface area contributed by atoms with E-state index in [9.17, 15) is 9.59 Å². The molecule has 0 bridgehead atoms. The largest absolute Gasteiger partial charge is 0.497 e. The van der Waals surface area contributed by atoms with Crippen LogP contribution in [0.4, 0.5) is 0 Å². The Balaban J connectivity index is 1.89. The number of ether oxygens (including phenoxy) is 2. The molecule has 0 saturated heterocycles. The van der Waals surface area contributed by atoms with Gasteiger partial charge in [0, 0.05) is 19.5 Å². The molecule has 6 heteroatoms. The van der Waals surface area contributed by atoms with Crippen LogP contribution in [0.1, 0.15) is 45.1 Å². The van der Waals surface area contributed by atoms with Crippen LogP contribution in [0.15, 0.2) is 54.6 Å². The van der Waals surface area contributed by atoms with Crippen molar-refractivity contribution < 1.29 is 19.1 Å². The third kappa shape index (κ3) is 8.61. The average Bonchev–Trinajstić information content (AvgIpc) is 2.83. The van der Waals surface area contributed by atoms with Crippen LogP contribution >= 0.6 is 0 Å². The number of carbonyl (C=O) groups is 2. The normalized spacial score (nSPS) is 11.5. The lowest BCUT2D eigenvalue weighted by molar-refractivity contribution is -0.140. The van der Waals surface area contributed by atoms with E-state index in [1.165, 1.54) is 0 Å². The highest BCUT2D eigenvalue weighted by molar-refractivity contribution is 5.87. The SMILES string of the molecule is CCCCNC(=O)C(C)N(CCc1ccccc1)C(=O)CCCOc1ccc(OC)cc1. The van der Waals surface area contributed by atoms with E-state index < -0.39 is 6.04 Å². The molecule has 0 saturated carbocycles. The molecular formula is C26H36N2O4. The van der Waals surface area contributed by atoms with Gasteiger partial charge in [0.25, 0.3) is 0 Å². The number of benzene rings is 2. The van der Waals surface area contributed by atoms with Crippen LogP contribution in [-0.2, 0) is 16.0 Å². The fourth-order valence-corrected chi connectivity index (χ4v) is 3.34. The predicted molar refractivity (Wildman–Crippen MR) is 127 cm³/mol. The molecule has 32 heavy (non-hydrogen) atoms. The van der Waals surface area contributed by atoms with Gasteiger partial charge in [0.15, 0.2) is 0 Å². The fourth-order valence-electron chi connectivity index (χ4n) is 3.34. The van der Waals surface area contributed by atoms with Gasteiger partial charge in [-0.3, -0.25) is 9.59 Å². The summed E-state index contributed by atoms with van der Waals surface area (Å²) < 4.78 is 10.9. The maximum absolute atomic E-state index is 13.0. The standard InChI is InChI=1S/C26H36N2O4/c1-4-5-18-27-26(30)21(2)28(19-17-22-10-7-6-8-11-22)25(29)12-9-20-32-24-15-13-23(31-3)14-16-24/h6-8,10-11,13-16,21H,4-5,9,12,17-20H2,1-3H3,(H,27,30). The molecule has 174 valence electrons. The van der Waals surface area contributed by atoms with E-state index in [4.69, 9.17) is 9.47 Å². The van der Waals surface area contributed by atoms with Crippen LogP contribution < -0.4 is 14.8 Å². The molecule has 2 aromatic carbocycles. The molecule has 1 unspecified atom stereocenters. The highest BCUT2D eigenvalue weighted by atomic mass is 16.5. The molecular weight excluding hydrogens is 404 g/mol. The second-order valence-corrected chi connectivity index (χ2v) is 7.77. The molecule has 0 aliphatic carbocycles. The van der Waals surface area contributed by atoms with E-state index >= 15 is 0 Å². The van der Waals surface area contributed by atoms with Crippen molar-refractivity contribution in [3.8, 4) is 11.5 Å². The summed E-state index contributed by atoms with van der Waals surface area (Å²) in [5.74, 6) is 1.38. The highest BCUT2D eigenvalue weighted by Crippen LogP contribution is 2.17. The molecule has 2 aromatic rings. The van der Waals surface area contributed by atoms with Gasteiger partial charge in [-0.25, -0.2) is 0 Å². The van der Waals surface area contributed by atoms with Gasteiger partial charge in [-0.15, -0.1) is 0 Å². The van der Waals surface area contributed by atoms with E-state index in [2.05, 4.69) is 12.2 Å². The van der Waals surface area contributed by atoms with Crippen LogP contribution in [0.25, 0.3) is 0 Å². The summed E-state index contributed by atoms with van der Waals surface area (Å²) in [6, 6.07) is 16.9. The van der Waals surface area contributed by atoms with Gasteiger partial charge in [-0.05, 0) is 56.0 Å². The Morgan fingerprint density at radius 3 is 2.34 bits per heavy atom. The Morgan fingerprint density at radius 1 is 1.00 bits per heavy atom. The molecule has 0 aliphatic rings. The smallest absolute Gasteiger partial charge is 0.242 e. The summed E-state index contributed by atoms with van der Waals surface area (Å²) in [6.45, 7) is 5.46. The molecule has 0 heterocycles. The maximum Gasteiger partial charge on any atom is 0.242 e. The monoisotopic (exact) mass is 440 g/mol. The Hall–Kier alpha value is -3.02. The van der Waals surface area contributed by atoms with E-state index in [0.29, 0.717) is 39.0 Å². The lowest BCUT2D eigenvalue weighted by Gasteiger charge is -2.29. The van der Waals surface area contributed by atoms with E-state index in [0.717, 1.165) is 29.9 Å². The van der Waals surface area contributed by atoms with Crippen LogP contribution in [0.5, 0.6) is 11.5 Å². The second kappa shape index (κ2) is 14.1. The number of rotatable bonds is 14. The van der Waals surface area contributed by atoms with Crippen molar-refractivity contribution in [3.05, 3.63) is 60.2 Å². The van der Waals surface area contributed by atoms with Crippen molar-refractivity contribution in [2.75, 3.05) is 26.8 Å². The van der Waals surface area contributed by atoms with Gasteiger partial charge >= 0.3 is 0 Å². The van der Waals surface area contributed by atoms with E-state index in [1.54, 1.807) is 18.9 Å². The van der Waals surface area contributed by atoms with Gasteiger partial charge in [-0.2, -0.15) is 0 Å². The Morgan fingerprint density at radius 2 is 1.69 bits per heavy atom. The van der Waals surface area contributed by atoms with Crippen molar-refractivity contribution in [2.45, 2.75) is 52.0 Å². The highest BCUT2D eigenvalue weighted by Gasteiger charge is 2.25. The molecule has 6 nitrogen and oxygen atoms in total. The minimum absolute atomic E-state index is 0.0302. The van der Waals surface area contributed by atoms with Crippen molar-refractivity contribution in [3.63, 3.8) is 0 Å². The second-order valence-electron chi connectivity index (χ2n) is 7.77. The first-order valence-electron chi connectivity index (χ1n) is 11.4. The quantitative estimate of drug-likeness (QED) is 0.447. The lowest BCUT2D eigenvalue weighted by atomic mass is 10.1. The number of methoxy groups -OCH3 is 1. The zero-order valence-electron chi connectivity index (χ0n) is 19.5. The zero-order valence-corrected chi connectivity index (χ0v) is 19.5. The number of amides is 2. The number of nitrogens with zero attached hydrogens (tertiary/aromatic N) is 1. The van der Waals surface area contributed by atoms with Gasteiger partial charge in [0.05, 0.1) is 13.7 Å². The zero-order chi connectivity index (χ0) is 23.2. The molecule has 0 aliphatic heterocycles.